The van der Waals surface area contributed by atoms with Crippen LogP contribution in [-0.2, 0) is 0 Å². The second-order valence-corrected chi connectivity index (χ2v) is 4.60. The molecule has 0 aliphatic carbocycles. The molecule has 6 heteroatoms. The molecule has 3 rings (SSSR count). The number of benzene rings is 1. The molecule has 3 aromatic rings. The molecule has 1 aromatic carbocycles. The van der Waals surface area contributed by atoms with E-state index in [0.717, 1.165) is 10.1 Å². The summed E-state index contributed by atoms with van der Waals surface area (Å²) in [6.07, 6.45) is 3.20. The molecule has 0 saturated heterocycles. The normalized spacial score (nSPS) is 11.4. The molecule has 0 radical (unpaired) electrons. The van der Waals surface area contributed by atoms with Crippen molar-refractivity contribution in [3.05, 3.63) is 63.3 Å². The molecule has 0 bridgehead atoms. The minimum Gasteiger partial charge on any atom is -0.264 e. The van der Waals surface area contributed by atoms with Crippen molar-refractivity contribution in [3.63, 3.8) is 0 Å². The molecule has 0 aliphatic heterocycles. The maximum atomic E-state index is 13.8. The summed E-state index contributed by atoms with van der Waals surface area (Å²) in [6.45, 7) is 0. The molecular weight excluding hydrogens is 265 g/mol. The Morgan fingerprint density at radius 2 is 2.00 bits per heavy atom. The fraction of sp³-hybridized carbons (Fsp3) is 0. The standard InChI is InChI=1S/C13H8FN3OS/c14-11-10(7-6-9-4-2-1-3-5-9)16-13-17(12(11)18)15-8-19-13/h1-8H. The van der Waals surface area contributed by atoms with E-state index in [-0.39, 0.29) is 5.69 Å². The van der Waals surface area contributed by atoms with E-state index in [1.807, 2.05) is 30.3 Å². The van der Waals surface area contributed by atoms with Gasteiger partial charge in [-0.15, -0.1) is 0 Å². The summed E-state index contributed by atoms with van der Waals surface area (Å²) in [4.78, 5) is 16.1. The fourth-order valence-electron chi connectivity index (χ4n) is 1.63. The number of nitrogens with zero attached hydrogens (tertiary/aromatic N) is 3. The predicted octanol–water partition coefficient (Wildman–Crippen LogP) is 2.46. The third kappa shape index (κ3) is 2.17. The van der Waals surface area contributed by atoms with E-state index in [1.54, 1.807) is 6.08 Å². The summed E-state index contributed by atoms with van der Waals surface area (Å²) in [5, 5.41) is 3.73. The first-order chi connectivity index (χ1) is 9.25. The van der Waals surface area contributed by atoms with Crippen LogP contribution < -0.4 is 5.56 Å². The second-order valence-electron chi connectivity index (χ2n) is 3.79. The quantitative estimate of drug-likeness (QED) is 0.720. The summed E-state index contributed by atoms with van der Waals surface area (Å²) in [6, 6.07) is 9.42. The second kappa shape index (κ2) is 4.74. The predicted molar refractivity (Wildman–Crippen MR) is 72.5 cm³/mol. The van der Waals surface area contributed by atoms with Crippen LogP contribution in [0.5, 0.6) is 0 Å². The molecule has 0 fully saturated rings. The molecule has 0 amide bonds. The number of hydrogen-bond donors (Lipinski definition) is 0. The minimum atomic E-state index is -0.893. The molecule has 0 aliphatic rings. The maximum absolute atomic E-state index is 13.8. The van der Waals surface area contributed by atoms with Crippen LogP contribution in [0.1, 0.15) is 11.3 Å². The Kier molecular flexibility index (Phi) is 2.92. The third-order valence-electron chi connectivity index (χ3n) is 2.56. The van der Waals surface area contributed by atoms with Gasteiger partial charge < -0.3 is 0 Å². The van der Waals surface area contributed by atoms with Gasteiger partial charge in [-0.05, 0) is 11.6 Å². The summed E-state index contributed by atoms with van der Waals surface area (Å²) in [5.41, 5.74) is 1.61. The van der Waals surface area contributed by atoms with Gasteiger partial charge in [0.1, 0.15) is 11.2 Å². The lowest BCUT2D eigenvalue weighted by Gasteiger charge is -1.97. The highest BCUT2D eigenvalue weighted by Gasteiger charge is 2.11. The van der Waals surface area contributed by atoms with E-state index < -0.39 is 11.4 Å². The molecule has 0 unspecified atom stereocenters. The Bertz CT molecular complexity index is 808. The number of aromatic nitrogens is 3. The molecule has 2 heterocycles. The average molecular weight is 273 g/mol. The van der Waals surface area contributed by atoms with Crippen molar-refractivity contribution in [1.82, 2.24) is 14.6 Å². The summed E-state index contributed by atoms with van der Waals surface area (Å²) in [5.74, 6) is -0.893. The van der Waals surface area contributed by atoms with Crippen LogP contribution in [0.15, 0.2) is 40.6 Å². The zero-order chi connectivity index (χ0) is 13.2. The van der Waals surface area contributed by atoms with Crippen molar-refractivity contribution in [2.24, 2.45) is 0 Å². The number of fused-ring (bicyclic) bond motifs is 1. The maximum Gasteiger partial charge on any atom is 0.311 e. The Hall–Kier alpha value is -2.34. The average Bonchev–Trinajstić information content (AvgIpc) is 2.91. The van der Waals surface area contributed by atoms with Crippen molar-refractivity contribution < 1.29 is 4.39 Å². The highest BCUT2D eigenvalue weighted by molar-refractivity contribution is 7.14. The van der Waals surface area contributed by atoms with Crippen molar-refractivity contribution in [1.29, 1.82) is 0 Å². The Balaban J connectivity index is 2.08. The van der Waals surface area contributed by atoms with Gasteiger partial charge in [0.25, 0.3) is 0 Å². The van der Waals surface area contributed by atoms with Crippen LogP contribution in [0.25, 0.3) is 17.1 Å². The van der Waals surface area contributed by atoms with Gasteiger partial charge in [0.05, 0.1) is 0 Å². The van der Waals surface area contributed by atoms with Crippen LogP contribution in [0, 0.1) is 5.82 Å². The van der Waals surface area contributed by atoms with Crippen LogP contribution in [-0.4, -0.2) is 14.6 Å². The van der Waals surface area contributed by atoms with E-state index in [2.05, 4.69) is 10.1 Å². The molecule has 19 heavy (non-hydrogen) atoms. The van der Waals surface area contributed by atoms with Gasteiger partial charge >= 0.3 is 5.56 Å². The zero-order valence-corrected chi connectivity index (χ0v) is 10.5. The number of halogens is 1. The largest absolute Gasteiger partial charge is 0.311 e. The van der Waals surface area contributed by atoms with Gasteiger partial charge in [0, 0.05) is 0 Å². The SMILES string of the molecule is O=c1c(F)c(C=Cc2ccccc2)nc2scnn12. The van der Waals surface area contributed by atoms with Gasteiger partial charge in [0.2, 0.25) is 10.8 Å². The van der Waals surface area contributed by atoms with Crippen molar-refractivity contribution in [2.45, 2.75) is 0 Å². The molecule has 0 N–H and O–H groups in total. The smallest absolute Gasteiger partial charge is 0.264 e. The summed E-state index contributed by atoms with van der Waals surface area (Å²) >= 11 is 1.19. The van der Waals surface area contributed by atoms with Gasteiger partial charge in [-0.1, -0.05) is 47.7 Å². The summed E-state index contributed by atoms with van der Waals surface area (Å²) in [7, 11) is 0. The van der Waals surface area contributed by atoms with Crippen molar-refractivity contribution in [2.75, 3.05) is 0 Å². The van der Waals surface area contributed by atoms with Crippen LogP contribution in [0.3, 0.4) is 0 Å². The lowest BCUT2D eigenvalue weighted by atomic mass is 10.2. The van der Waals surface area contributed by atoms with E-state index in [9.17, 15) is 9.18 Å². The molecule has 0 spiro atoms. The third-order valence-corrected chi connectivity index (χ3v) is 3.23. The molecule has 2 aromatic heterocycles. The van der Waals surface area contributed by atoms with Crippen LogP contribution in [0.2, 0.25) is 0 Å². The molecule has 94 valence electrons. The minimum absolute atomic E-state index is 0.0260. The van der Waals surface area contributed by atoms with Gasteiger partial charge in [-0.25, -0.2) is 4.98 Å². The highest BCUT2D eigenvalue weighted by atomic mass is 32.1. The first kappa shape index (κ1) is 11.7. The van der Waals surface area contributed by atoms with E-state index in [1.165, 1.54) is 22.9 Å². The number of rotatable bonds is 2. The van der Waals surface area contributed by atoms with E-state index in [4.69, 9.17) is 0 Å². The van der Waals surface area contributed by atoms with E-state index >= 15 is 0 Å². The van der Waals surface area contributed by atoms with Crippen molar-refractivity contribution >= 4 is 28.4 Å². The Morgan fingerprint density at radius 1 is 1.21 bits per heavy atom. The van der Waals surface area contributed by atoms with E-state index in [0.29, 0.717) is 4.96 Å². The monoisotopic (exact) mass is 273 g/mol. The summed E-state index contributed by atoms with van der Waals surface area (Å²) < 4.78 is 14.8. The van der Waals surface area contributed by atoms with Crippen LogP contribution in [0.4, 0.5) is 4.39 Å². The number of hydrogen-bond acceptors (Lipinski definition) is 4. The molecule has 0 saturated carbocycles. The lowest BCUT2D eigenvalue weighted by Crippen LogP contribution is -2.20. The Morgan fingerprint density at radius 3 is 2.79 bits per heavy atom. The Labute approximate surface area is 111 Å². The van der Waals surface area contributed by atoms with Crippen LogP contribution >= 0.6 is 11.3 Å². The zero-order valence-electron chi connectivity index (χ0n) is 9.65. The lowest BCUT2D eigenvalue weighted by molar-refractivity contribution is 0.587. The van der Waals surface area contributed by atoms with Gasteiger partial charge in [-0.2, -0.15) is 14.0 Å². The van der Waals surface area contributed by atoms with Gasteiger partial charge in [-0.3, -0.25) is 4.79 Å². The van der Waals surface area contributed by atoms with Crippen molar-refractivity contribution in [3.8, 4) is 0 Å². The molecule has 0 atom stereocenters. The molecular formula is C13H8FN3OS. The highest BCUT2D eigenvalue weighted by Crippen LogP contribution is 2.10. The topological polar surface area (TPSA) is 47.3 Å². The fourth-order valence-corrected chi connectivity index (χ4v) is 2.25. The first-order valence-corrected chi connectivity index (χ1v) is 6.39. The van der Waals surface area contributed by atoms with Gasteiger partial charge in [0.15, 0.2) is 0 Å². The molecule has 4 nitrogen and oxygen atoms in total. The first-order valence-electron chi connectivity index (χ1n) is 5.51.